The second-order valence-electron chi connectivity index (χ2n) is 15.5. The number of nitrogens with two attached hydrogens (primary N) is 2. The number of hydrogen-bond acceptors (Lipinski definition) is 12. The fourth-order valence-electron chi connectivity index (χ4n) is 9.16. The van der Waals surface area contributed by atoms with Gasteiger partial charge < -0.3 is 46.2 Å². The molecule has 4 unspecified atom stereocenters. The smallest absolute Gasteiger partial charge is 0.255 e. The number of amides is 3. The summed E-state index contributed by atoms with van der Waals surface area (Å²) in [5, 5.41) is 15.8. The molecule has 282 valence electrons. The van der Waals surface area contributed by atoms with E-state index < -0.39 is 6.04 Å². The van der Waals surface area contributed by atoms with Crippen molar-refractivity contribution in [3.8, 4) is 5.75 Å². The van der Waals surface area contributed by atoms with E-state index >= 15 is 0 Å². The third-order valence-electron chi connectivity index (χ3n) is 12.1. The number of likely N-dealkylation sites (tertiary alicyclic amines) is 1. The van der Waals surface area contributed by atoms with Gasteiger partial charge in [-0.1, -0.05) is 12.1 Å². The highest BCUT2D eigenvalue weighted by atomic mass is 16.5. The number of aromatic hydroxyl groups is 1. The molecule has 53 heavy (non-hydrogen) atoms. The lowest BCUT2D eigenvalue weighted by atomic mass is 10.0. The molecule has 6 heterocycles. The van der Waals surface area contributed by atoms with Gasteiger partial charge in [-0.2, -0.15) is 0 Å². The molecule has 5 fully saturated rings. The number of hydrogen-bond donors (Lipinski definition) is 5. The summed E-state index contributed by atoms with van der Waals surface area (Å²) >= 11 is 0. The van der Waals surface area contributed by atoms with Crippen molar-refractivity contribution in [3.63, 3.8) is 0 Å². The number of ether oxygens (including phenoxy) is 1. The van der Waals surface area contributed by atoms with Gasteiger partial charge in [-0.15, -0.1) is 0 Å². The van der Waals surface area contributed by atoms with Gasteiger partial charge >= 0.3 is 0 Å². The van der Waals surface area contributed by atoms with E-state index in [0.717, 1.165) is 74.0 Å². The van der Waals surface area contributed by atoms with Crippen molar-refractivity contribution in [3.05, 3.63) is 76.7 Å². The molecule has 1 aliphatic carbocycles. The number of piperazine rings is 1. The number of phenolic OH excluding ortho intramolecular Hbond substituents is 1. The molecule has 0 spiro atoms. The van der Waals surface area contributed by atoms with Crippen LogP contribution in [0.4, 0.5) is 5.69 Å². The van der Waals surface area contributed by atoms with Crippen LogP contribution in [0.1, 0.15) is 34.3 Å². The summed E-state index contributed by atoms with van der Waals surface area (Å²) in [5.74, 6) is 2.82. The summed E-state index contributed by atoms with van der Waals surface area (Å²) in [4.78, 5) is 47.3. The minimum absolute atomic E-state index is 0.131. The van der Waals surface area contributed by atoms with Crippen molar-refractivity contribution >= 4 is 29.1 Å². The Morgan fingerprint density at radius 1 is 1.00 bits per heavy atom. The fourth-order valence-corrected chi connectivity index (χ4v) is 9.16. The summed E-state index contributed by atoms with van der Waals surface area (Å²) < 4.78 is 5.37. The molecule has 4 saturated heterocycles. The third-order valence-corrected chi connectivity index (χ3v) is 12.1. The number of benzene rings is 2. The van der Waals surface area contributed by atoms with Crippen LogP contribution in [0, 0.1) is 17.8 Å². The van der Waals surface area contributed by atoms with Gasteiger partial charge in [0, 0.05) is 94.4 Å². The van der Waals surface area contributed by atoms with Crippen LogP contribution in [0.25, 0.3) is 5.70 Å². The maximum atomic E-state index is 12.6. The lowest BCUT2D eigenvalue weighted by Gasteiger charge is -2.46. The maximum absolute atomic E-state index is 12.6. The summed E-state index contributed by atoms with van der Waals surface area (Å²) in [6, 6.07) is 12.8. The number of allylic oxidation sites excluding steroid dienone is 1. The van der Waals surface area contributed by atoms with Crippen LogP contribution in [-0.2, 0) is 20.9 Å². The molecule has 4 atom stereocenters. The molecule has 0 radical (unpaired) electrons. The SMILES string of the molecule is CN1CC2C(C1)C2CN1CCN2C(/C=C(\N)c3ccccc3O)=C(N)NCC2C1.O=C1CCC(N2Cc3cc(N4CCOCC4)ccc3C2=O)C(=O)N1. The summed E-state index contributed by atoms with van der Waals surface area (Å²) in [5.41, 5.74) is 17.4. The monoisotopic (exact) mass is 725 g/mol. The molecule has 7 aliphatic rings. The largest absolute Gasteiger partial charge is 0.507 e. The number of nitrogens with zero attached hydrogens (tertiary/aromatic N) is 5. The Labute approximate surface area is 310 Å². The van der Waals surface area contributed by atoms with Gasteiger partial charge in [0.15, 0.2) is 0 Å². The zero-order chi connectivity index (χ0) is 36.8. The Balaban J connectivity index is 0.000000154. The number of imide groups is 1. The lowest BCUT2D eigenvalue weighted by Crippen LogP contribution is -2.59. The van der Waals surface area contributed by atoms with Crippen LogP contribution in [0.15, 0.2) is 60.1 Å². The standard InChI is InChI=1S/C22H32N6O.C17H19N3O4/c1-26-11-16-17(12-26)18(16)13-27-6-7-28-14(10-27)9-25-22(24)20(28)8-19(23)15-4-2-3-5-21(15)29;21-15-4-3-14(16(22)18-15)20-10-11-9-12(1-2-13(11)17(20)23)19-5-7-24-8-6-19/h2-5,8,14,16-18,25,29H,6-7,9-13,23-24H2,1H3;1-2,9,14H,3-8,10H2,(H,18,21,22)/b19-8-;. The predicted octanol–water partition coefficient (Wildman–Crippen LogP) is 0.501. The Kier molecular flexibility index (Phi) is 9.68. The number of carbonyl (C=O) groups is 3. The molecule has 2 aromatic rings. The molecule has 0 bridgehead atoms. The van der Waals surface area contributed by atoms with E-state index in [9.17, 15) is 19.5 Å². The number of fused-ring (bicyclic) bond motifs is 3. The number of rotatable bonds is 6. The van der Waals surface area contributed by atoms with Crippen LogP contribution in [-0.4, -0.2) is 134 Å². The van der Waals surface area contributed by atoms with Crippen LogP contribution in [0.5, 0.6) is 5.75 Å². The first-order valence-corrected chi connectivity index (χ1v) is 18.9. The predicted molar refractivity (Wildman–Crippen MR) is 200 cm³/mol. The zero-order valence-corrected chi connectivity index (χ0v) is 30.4. The first-order valence-electron chi connectivity index (χ1n) is 18.9. The molecule has 2 aromatic carbocycles. The van der Waals surface area contributed by atoms with E-state index in [1.165, 1.54) is 19.6 Å². The normalized spacial score (nSPS) is 28.8. The average molecular weight is 726 g/mol. The van der Waals surface area contributed by atoms with Crippen molar-refractivity contribution in [2.75, 3.05) is 84.1 Å². The molecule has 7 N–H and O–H groups in total. The second-order valence-corrected chi connectivity index (χ2v) is 15.5. The van der Waals surface area contributed by atoms with Crippen LogP contribution < -0.4 is 27.0 Å². The molecule has 9 rings (SSSR count). The van der Waals surface area contributed by atoms with Gasteiger partial charge in [0.25, 0.3) is 5.91 Å². The number of carbonyl (C=O) groups excluding carboxylic acids is 3. The van der Waals surface area contributed by atoms with Gasteiger partial charge in [-0.3, -0.25) is 24.6 Å². The Morgan fingerprint density at radius 2 is 1.77 bits per heavy atom. The average Bonchev–Trinajstić information content (AvgIpc) is 3.43. The number of anilines is 1. The van der Waals surface area contributed by atoms with E-state index in [1.807, 2.05) is 36.4 Å². The highest BCUT2D eigenvalue weighted by Gasteiger charge is 2.55. The number of para-hydroxylation sites is 1. The van der Waals surface area contributed by atoms with Crippen LogP contribution in [0.3, 0.4) is 0 Å². The summed E-state index contributed by atoms with van der Waals surface area (Å²) in [7, 11) is 2.24. The number of phenols is 1. The molecule has 3 amide bonds. The molecule has 6 aliphatic heterocycles. The lowest BCUT2D eigenvalue weighted by molar-refractivity contribution is -0.136. The maximum Gasteiger partial charge on any atom is 0.255 e. The number of nitrogens with one attached hydrogen (secondary N) is 2. The topological polar surface area (TPSA) is 173 Å². The first-order chi connectivity index (χ1) is 25.6. The van der Waals surface area contributed by atoms with Gasteiger partial charge in [0.1, 0.15) is 17.6 Å². The third kappa shape index (κ3) is 7.15. The van der Waals surface area contributed by atoms with Crippen molar-refractivity contribution in [1.82, 2.24) is 30.2 Å². The summed E-state index contributed by atoms with van der Waals surface area (Å²) in [6.45, 7) is 11.2. The van der Waals surface area contributed by atoms with Gasteiger partial charge in [0.2, 0.25) is 11.8 Å². The van der Waals surface area contributed by atoms with Crippen LogP contribution in [0.2, 0.25) is 0 Å². The second kappa shape index (κ2) is 14.6. The Bertz CT molecular complexity index is 1810. The molecular weight excluding hydrogens is 674 g/mol. The summed E-state index contributed by atoms with van der Waals surface area (Å²) in [6.07, 6.45) is 2.57. The van der Waals surface area contributed by atoms with Crippen molar-refractivity contribution in [2.24, 2.45) is 29.2 Å². The van der Waals surface area contributed by atoms with Gasteiger partial charge in [0.05, 0.1) is 25.0 Å². The van der Waals surface area contributed by atoms with Crippen molar-refractivity contribution in [1.29, 1.82) is 0 Å². The van der Waals surface area contributed by atoms with Gasteiger partial charge in [-0.05, 0) is 73.2 Å². The molecule has 0 aromatic heterocycles. The number of piperidine rings is 2. The zero-order valence-electron chi connectivity index (χ0n) is 30.4. The van der Waals surface area contributed by atoms with E-state index in [-0.39, 0.29) is 29.9 Å². The van der Waals surface area contributed by atoms with E-state index in [4.69, 9.17) is 16.2 Å². The quantitative estimate of drug-likeness (QED) is 0.262. The van der Waals surface area contributed by atoms with Crippen LogP contribution >= 0.6 is 0 Å². The highest BCUT2D eigenvalue weighted by molar-refractivity contribution is 6.05. The fraction of sp³-hybridized carbons (Fsp3) is 0.513. The molecular formula is C39H51N9O5. The van der Waals surface area contributed by atoms with E-state index in [0.29, 0.717) is 54.9 Å². The highest BCUT2D eigenvalue weighted by Crippen LogP contribution is 2.51. The van der Waals surface area contributed by atoms with E-state index in [2.05, 4.69) is 37.3 Å². The molecule has 1 saturated carbocycles. The minimum Gasteiger partial charge on any atom is -0.507 e. The van der Waals surface area contributed by atoms with Gasteiger partial charge in [-0.25, -0.2) is 0 Å². The first kappa shape index (κ1) is 35.3. The van der Waals surface area contributed by atoms with E-state index in [1.54, 1.807) is 17.0 Å². The van der Waals surface area contributed by atoms with Crippen molar-refractivity contribution < 1.29 is 24.2 Å². The van der Waals surface area contributed by atoms with Crippen molar-refractivity contribution in [2.45, 2.75) is 31.5 Å². The molecule has 14 nitrogen and oxygen atoms in total. The molecule has 14 heteroatoms. The number of morpholine rings is 1. The Hall–Kier alpha value is -4.79. The minimum atomic E-state index is -0.561. The Morgan fingerprint density at radius 3 is 2.53 bits per heavy atom.